The lowest BCUT2D eigenvalue weighted by atomic mass is 10.2. The first kappa shape index (κ1) is 14.6. The highest BCUT2D eigenvalue weighted by atomic mass is 79.9. The lowest BCUT2D eigenvalue weighted by Crippen LogP contribution is -1.98. The van der Waals surface area contributed by atoms with Gasteiger partial charge in [0.1, 0.15) is 18.2 Å². The second-order valence-corrected chi connectivity index (χ2v) is 5.33. The van der Waals surface area contributed by atoms with Crippen molar-refractivity contribution in [1.82, 2.24) is 0 Å². The molecular formula is C14H10BrCl2FO. The largest absolute Gasteiger partial charge is 0.489 e. The highest BCUT2D eigenvalue weighted by Gasteiger charge is 2.05. The highest BCUT2D eigenvalue weighted by Crippen LogP contribution is 2.26. The van der Waals surface area contributed by atoms with Gasteiger partial charge in [0, 0.05) is 15.9 Å². The molecule has 0 aliphatic rings. The van der Waals surface area contributed by atoms with Gasteiger partial charge in [0.2, 0.25) is 0 Å². The van der Waals surface area contributed by atoms with Crippen molar-refractivity contribution in [1.29, 1.82) is 0 Å². The van der Waals surface area contributed by atoms with Gasteiger partial charge in [-0.1, -0.05) is 45.2 Å². The maximum atomic E-state index is 13.0. The van der Waals surface area contributed by atoms with Crippen molar-refractivity contribution in [3.8, 4) is 5.75 Å². The first-order valence-electron chi connectivity index (χ1n) is 5.51. The summed E-state index contributed by atoms with van der Waals surface area (Å²) in [6.07, 6.45) is 0. The summed E-state index contributed by atoms with van der Waals surface area (Å²) in [6.45, 7) is 0.321. The van der Waals surface area contributed by atoms with Gasteiger partial charge in [0.15, 0.2) is 0 Å². The van der Waals surface area contributed by atoms with Gasteiger partial charge in [-0.25, -0.2) is 4.39 Å². The average Bonchev–Trinajstić information content (AvgIpc) is 2.41. The first-order chi connectivity index (χ1) is 9.10. The SMILES string of the molecule is Fc1ccc(COc2ccc(Cl)cc2CBr)cc1Cl. The molecule has 19 heavy (non-hydrogen) atoms. The number of hydrogen-bond donors (Lipinski definition) is 0. The fourth-order valence-corrected chi connectivity index (χ4v) is 2.42. The highest BCUT2D eigenvalue weighted by molar-refractivity contribution is 9.08. The van der Waals surface area contributed by atoms with Crippen molar-refractivity contribution < 1.29 is 9.13 Å². The predicted molar refractivity (Wildman–Crippen MR) is 79.8 cm³/mol. The Morgan fingerprint density at radius 2 is 1.89 bits per heavy atom. The third kappa shape index (κ3) is 3.85. The molecule has 100 valence electrons. The summed E-state index contributed by atoms with van der Waals surface area (Å²) in [7, 11) is 0. The fourth-order valence-electron chi connectivity index (χ4n) is 1.58. The molecule has 2 aromatic carbocycles. The fraction of sp³-hybridized carbons (Fsp3) is 0.143. The van der Waals surface area contributed by atoms with E-state index in [2.05, 4.69) is 15.9 Å². The van der Waals surface area contributed by atoms with Crippen LogP contribution in [0.25, 0.3) is 0 Å². The van der Waals surface area contributed by atoms with E-state index in [1.54, 1.807) is 18.2 Å². The molecule has 0 unspecified atom stereocenters. The van der Waals surface area contributed by atoms with Gasteiger partial charge in [0.25, 0.3) is 0 Å². The van der Waals surface area contributed by atoms with Gasteiger partial charge in [-0.05, 0) is 35.9 Å². The van der Waals surface area contributed by atoms with Crippen LogP contribution < -0.4 is 4.74 Å². The summed E-state index contributed by atoms with van der Waals surface area (Å²) in [5.41, 5.74) is 1.77. The summed E-state index contributed by atoms with van der Waals surface area (Å²) in [6, 6.07) is 9.94. The van der Waals surface area contributed by atoms with Crippen LogP contribution in [0, 0.1) is 5.82 Å². The molecule has 0 aromatic heterocycles. The minimum absolute atomic E-state index is 0.0953. The second-order valence-electron chi connectivity index (χ2n) is 3.92. The van der Waals surface area contributed by atoms with E-state index in [1.807, 2.05) is 12.1 Å². The maximum Gasteiger partial charge on any atom is 0.141 e. The van der Waals surface area contributed by atoms with Crippen LogP contribution in [0.4, 0.5) is 4.39 Å². The van der Waals surface area contributed by atoms with Crippen LogP contribution >= 0.6 is 39.1 Å². The van der Waals surface area contributed by atoms with Crippen LogP contribution in [0.5, 0.6) is 5.75 Å². The Labute approximate surface area is 129 Å². The summed E-state index contributed by atoms with van der Waals surface area (Å²) in [4.78, 5) is 0. The molecule has 0 aliphatic carbocycles. The van der Waals surface area contributed by atoms with Crippen LogP contribution in [0.2, 0.25) is 10.0 Å². The van der Waals surface area contributed by atoms with Crippen molar-refractivity contribution >= 4 is 39.1 Å². The number of rotatable bonds is 4. The summed E-state index contributed by atoms with van der Waals surface area (Å²) < 4.78 is 18.7. The zero-order valence-corrected chi connectivity index (χ0v) is 12.9. The van der Waals surface area contributed by atoms with E-state index in [0.29, 0.717) is 17.0 Å². The molecule has 0 radical (unpaired) electrons. The molecule has 0 heterocycles. The quantitative estimate of drug-likeness (QED) is 0.642. The second kappa shape index (κ2) is 6.60. The summed E-state index contributed by atoms with van der Waals surface area (Å²) in [5.74, 6) is 0.305. The molecule has 0 bridgehead atoms. The van der Waals surface area contributed by atoms with Gasteiger partial charge in [-0.15, -0.1) is 0 Å². The lowest BCUT2D eigenvalue weighted by molar-refractivity contribution is 0.304. The van der Waals surface area contributed by atoms with Gasteiger partial charge >= 0.3 is 0 Å². The summed E-state index contributed by atoms with van der Waals surface area (Å²) in [5, 5.41) is 1.40. The van der Waals surface area contributed by atoms with E-state index in [4.69, 9.17) is 27.9 Å². The molecule has 0 amide bonds. The van der Waals surface area contributed by atoms with Crippen molar-refractivity contribution in [3.63, 3.8) is 0 Å². The lowest BCUT2D eigenvalue weighted by Gasteiger charge is -2.10. The molecule has 0 spiro atoms. The number of hydrogen-bond acceptors (Lipinski definition) is 1. The van der Waals surface area contributed by atoms with E-state index in [1.165, 1.54) is 6.07 Å². The molecule has 0 saturated carbocycles. The summed E-state index contributed by atoms with van der Waals surface area (Å²) >= 11 is 15.0. The van der Waals surface area contributed by atoms with Crippen molar-refractivity contribution in [2.24, 2.45) is 0 Å². The maximum absolute atomic E-state index is 13.0. The number of halogens is 4. The number of ether oxygens (including phenoxy) is 1. The van der Waals surface area contributed by atoms with Crippen LogP contribution in [0.3, 0.4) is 0 Å². The molecule has 0 N–H and O–H groups in total. The topological polar surface area (TPSA) is 9.23 Å². The average molecular weight is 364 g/mol. The van der Waals surface area contributed by atoms with Crippen molar-refractivity contribution in [2.75, 3.05) is 0 Å². The standard InChI is InChI=1S/C14H10BrCl2FO/c15-7-10-6-11(16)2-4-14(10)19-8-9-1-3-13(18)12(17)5-9/h1-6H,7-8H2. The van der Waals surface area contributed by atoms with Gasteiger partial charge < -0.3 is 4.74 Å². The van der Waals surface area contributed by atoms with Crippen molar-refractivity contribution in [2.45, 2.75) is 11.9 Å². The molecule has 0 aliphatic heterocycles. The van der Waals surface area contributed by atoms with Crippen LogP contribution in [0.1, 0.15) is 11.1 Å². The Hall–Kier alpha value is -0.770. The first-order valence-corrected chi connectivity index (χ1v) is 7.39. The Bertz CT molecular complexity index is 590. The molecule has 0 fully saturated rings. The molecule has 1 nitrogen and oxygen atoms in total. The Morgan fingerprint density at radius 3 is 2.58 bits per heavy atom. The zero-order valence-electron chi connectivity index (χ0n) is 9.80. The van der Waals surface area contributed by atoms with Gasteiger partial charge in [0.05, 0.1) is 5.02 Å². The Kier molecular flexibility index (Phi) is 5.08. The smallest absolute Gasteiger partial charge is 0.141 e. The van der Waals surface area contributed by atoms with Gasteiger partial charge in [-0.3, -0.25) is 0 Å². The predicted octanol–water partition coefficient (Wildman–Crippen LogP) is 5.61. The third-order valence-corrected chi connectivity index (χ3v) is 3.67. The number of benzene rings is 2. The van der Waals surface area contributed by atoms with E-state index in [0.717, 1.165) is 16.9 Å². The minimum Gasteiger partial charge on any atom is -0.489 e. The van der Waals surface area contributed by atoms with Gasteiger partial charge in [-0.2, -0.15) is 0 Å². The zero-order chi connectivity index (χ0) is 13.8. The van der Waals surface area contributed by atoms with Crippen LogP contribution in [0.15, 0.2) is 36.4 Å². The minimum atomic E-state index is -0.432. The van der Waals surface area contributed by atoms with E-state index >= 15 is 0 Å². The van der Waals surface area contributed by atoms with Crippen molar-refractivity contribution in [3.05, 3.63) is 63.4 Å². The van der Waals surface area contributed by atoms with Crippen LogP contribution in [-0.2, 0) is 11.9 Å². The third-order valence-electron chi connectivity index (χ3n) is 2.54. The molecule has 0 saturated heterocycles. The van der Waals surface area contributed by atoms with Crippen LogP contribution in [-0.4, -0.2) is 0 Å². The Morgan fingerprint density at radius 1 is 1.11 bits per heavy atom. The van der Waals surface area contributed by atoms with E-state index in [-0.39, 0.29) is 5.02 Å². The Balaban J connectivity index is 2.12. The molecule has 5 heteroatoms. The van der Waals surface area contributed by atoms with E-state index < -0.39 is 5.82 Å². The normalized spacial score (nSPS) is 10.5. The monoisotopic (exact) mass is 362 g/mol. The molecular weight excluding hydrogens is 354 g/mol. The van der Waals surface area contributed by atoms with E-state index in [9.17, 15) is 4.39 Å². The molecule has 2 rings (SSSR count). The molecule has 2 aromatic rings. The number of alkyl halides is 1. The molecule has 0 atom stereocenters.